The fourth-order valence-electron chi connectivity index (χ4n) is 1.82. The van der Waals surface area contributed by atoms with E-state index in [1.54, 1.807) is 36.6 Å². The van der Waals surface area contributed by atoms with Gasteiger partial charge in [0.2, 0.25) is 0 Å². The Hall–Kier alpha value is -1.68. The highest BCUT2D eigenvalue weighted by Gasteiger charge is 2.12. The second kappa shape index (κ2) is 9.36. The molecule has 0 amide bonds. The van der Waals surface area contributed by atoms with Crippen LogP contribution in [0.5, 0.6) is 0 Å². The molecule has 0 aliphatic carbocycles. The molecule has 2 aromatic rings. The molecular formula is C14H17IN4O2S. The van der Waals surface area contributed by atoms with Crippen molar-refractivity contribution in [3.05, 3.63) is 62.3 Å². The fourth-order valence-corrected chi connectivity index (χ4v) is 2.49. The third-order valence-electron chi connectivity index (χ3n) is 2.90. The highest BCUT2D eigenvalue weighted by molar-refractivity contribution is 14.0. The number of benzene rings is 1. The molecule has 0 saturated heterocycles. The maximum atomic E-state index is 11.0. The van der Waals surface area contributed by atoms with Gasteiger partial charge in [-0.1, -0.05) is 18.2 Å². The molecule has 1 aromatic heterocycles. The molecule has 0 aliphatic heterocycles. The number of nitro groups is 1. The molecule has 0 unspecified atom stereocenters. The summed E-state index contributed by atoms with van der Waals surface area (Å²) in [5.74, 6) is 0.611. The van der Waals surface area contributed by atoms with Gasteiger partial charge in [0.05, 0.1) is 4.92 Å². The number of rotatable bonds is 5. The molecule has 2 rings (SSSR count). The molecule has 0 atom stereocenters. The van der Waals surface area contributed by atoms with Crippen LogP contribution in [0, 0.1) is 10.1 Å². The summed E-state index contributed by atoms with van der Waals surface area (Å²) >= 11 is 1.64. The minimum atomic E-state index is -0.376. The first kappa shape index (κ1) is 18.4. The smallest absolute Gasteiger partial charge is 0.274 e. The number of hydrogen-bond acceptors (Lipinski definition) is 4. The Balaban J connectivity index is 0.00000242. The summed E-state index contributed by atoms with van der Waals surface area (Å²) in [6.07, 6.45) is 0. The molecule has 1 heterocycles. The van der Waals surface area contributed by atoms with E-state index in [0.717, 1.165) is 0 Å². The summed E-state index contributed by atoms with van der Waals surface area (Å²) in [7, 11) is 1.67. The quantitative estimate of drug-likeness (QED) is 0.250. The van der Waals surface area contributed by atoms with Crippen molar-refractivity contribution in [1.82, 2.24) is 10.6 Å². The first-order valence-corrected chi connectivity index (χ1v) is 7.33. The zero-order valence-corrected chi connectivity index (χ0v) is 15.1. The number of para-hydroxylation sites is 1. The zero-order chi connectivity index (χ0) is 15.1. The molecule has 0 saturated carbocycles. The van der Waals surface area contributed by atoms with E-state index in [0.29, 0.717) is 24.6 Å². The summed E-state index contributed by atoms with van der Waals surface area (Å²) in [5.41, 5.74) is 1.91. The maximum absolute atomic E-state index is 11.0. The molecule has 0 aliphatic rings. The van der Waals surface area contributed by atoms with Crippen molar-refractivity contribution in [2.45, 2.75) is 13.1 Å². The third kappa shape index (κ3) is 5.26. The topological polar surface area (TPSA) is 79.6 Å². The Morgan fingerprint density at radius 1 is 1.27 bits per heavy atom. The number of nitrogens with one attached hydrogen (secondary N) is 2. The van der Waals surface area contributed by atoms with Crippen LogP contribution >= 0.6 is 35.3 Å². The Bertz CT molecular complexity index is 632. The first-order chi connectivity index (χ1) is 10.2. The van der Waals surface area contributed by atoms with Gasteiger partial charge >= 0.3 is 0 Å². The van der Waals surface area contributed by atoms with Crippen LogP contribution in [0.25, 0.3) is 0 Å². The molecule has 118 valence electrons. The molecule has 22 heavy (non-hydrogen) atoms. The van der Waals surface area contributed by atoms with Crippen molar-refractivity contribution < 1.29 is 4.92 Å². The fraction of sp³-hybridized carbons (Fsp3) is 0.214. The summed E-state index contributed by atoms with van der Waals surface area (Å²) in [5, 5.41) is 21.3. The van der Waals surface area contributed by atoms with Crippen LogP contribution in [0.4, 0.5) is 5.69 Å². The molecule has 2 N–H and O–H groups in total. The van der Waals surface area contributed by atoms with Crippen LogP contribution < -0.4 is 10.6 Å². The lowest BCUT2D eigenvalue weighted by Gasteiger charge is -2.11. The van der Waals surface area contributed by atoms with E-state index in [1.165, 1.54) is 11.6 Å². The van der Waals surface area contributed by atoms with Crippen molar-refractivity contribution in [2.75, 3.05) is 7.05 Å². The average Bonchev–Trinajstić information content (AvgIpc) is 3.01. The standard InChI is InChI=1S/C14H16N4O2S.HI/c1-15-14(16-8-11-6-7-21-10-11)17-9-12-4-2-3-5-13(12)18(19)20;/h2-7,10H,8-9H2,1H3,(H2,15,16,17);1H. The van der Waals surface area contributed by atoms with E-state index in [1.807, 2.05) is 11.4 Å². The first-order valence-electron chi connectivity index (χ1n) is 6.38. The zero-order valence-electron chi connectivity index (χ0n) is 12.0. The summed E-state index contributed by atoms with van der Waals surface area (Å²) < 4.78 is 0. The minimum Gasteiger partial charge on any atom is -0.352 e. The maximum Gasteiger partial charge on any atom is 0.274 e. The third-order valence-corrected chi connectivity index (χ3v) is 3.63. The van der Waals surface area contributed by atoms with E-state index >= 15 is 0 Å². The van der Waals surface area contributed by atoms with Crippen LogP contribution in [0.3, 0.4) is 0 Å². The van der Waals surface area contributed by atoms with Crippen LogP contribution in [0.1, 0.15) is 11.1 Å². The van der Waals surface area contributed by atoms with E-state index in [2.05, 4.69) is 21.0 Å². The van der Waals surface area contributed by atoms with Crippen LogP contribution in [0.2, 0.25) is 0 Å². The number of halogens is 1. The molecule has 0 fully saturated rings. The van der Waals surface area contributed by atoms with Crippen molar-refractivity contribution in [3.63, 3.8) is 0 Å². The van der Waals surface area contributed by atoms with Gasteiger partial charge in [0.25, 0.3) is 5.69 Å². The van der Waals surface area contributed by atoms with Crippen molar-refractivity contribution >= 4 is 47.0 Å². The average molecular weight is 432 g/mol. The number of aliphatic imine (C=N–C) groups is 1. The molecule has 0 radical (unpaired) electrons. The van der Waals surface area contributed by atoms with Crippen molar-refractivity contribution in [3.8, 4) is 0 Å². The molecule has 6 nitrogen and oxygen atoms in total. The van der Waals surface area contributed by atoms with E-state index in [4.69, 9.17) is 0 Å². The van der Waals surface area contributed by atoms with Crippen LogP contribution in [-0.2, 0) is 13.1 Å². The minimum absolute atomic E-state index is 0. The number of guanidine groups is 1. The van der Waals surface area contributed by atoms with E-state index in [9.17, 15) is 10.1 Å². The van der Waals surface area contributed by atoms with Gasteiger partial charge in [-0.15, -0.1) is 24.0 Å². The van der Waals surface area contributed by atoms with Gasteiger partial charge in [-0.05, 0) is 22.4 Å². The highest BCUT2D eigenvalue weighted by atomic mass is 127. The lowest BCUT2D eigenvalue weighted by atomic mass is 10.2. The van der Waals surface area contributed by atoms with Gasteiger partial charge in [0, 0.05) is 31.8 Å². The predicted octanol–water partition coefficient (Wildman–Crippen LogP) is 3.14. The molecule has 0 spiro atoms. The number of hydrogen-bond donors (Lipinski definition) is 2. The van der Waals surface area contributed by atoms with Gasteiger partial charge in [-0.2, -0.15) is 11.3 Å². The second-order valence-corrected chi connectivity index (χ2v) is 5.08. The molecular weight excluding hydrogens is 415 g/mol. The van der Waals surface area contributed by atoms with Crippen molar-refractivity contribution in [2.24, 2.45) is 4.99 Å². The van der Waals surface area contributed by atoms with Gasteiger partial charge in [0.15, 0.2) is 5.96 Å². The number of nitrogens with zero attached hydrogens (tertiary/aromatic N) is 2. The van der Waals surface area contributed by atoms with Crippen LogP contribution in [0.15, 0.2) is 46.1 Å². The van der Waals surface area contributed by atoms with Gasteiger partial charge in [-0.25, -0.2) is 0 Å². The summed E-state index contributed by atoms with van der Waals surface area (Å²) in [4.78, 5) is 14.7. The monoisotopic (exact) mass is 432 g/mol. The van der Waals surface area contributed by atoms with Gasteiger partial charge in [0.1, 0.15) is 0 Å². The predicted molar refractivity (Wildman–Crippen MR) is 99.9 cm³/mol. The summed E-state index contributed by atoms with van der Waals surface area (Å²) in [6, 6.07) is 8.71. The normalized spacial score (nSPS) is 10.7. The second-order valence-electron chi connectivity index (χ2n) is 4.30. The number of nitro benzene ring substituents is 1. The summed E-state index contributed by atoms with van der Waals surface area (Å²) in [6.45, 7) is 1.01. The van der Waals surface area contributed by atoms with Gasteiger partial charge in [-0.3, -0.25) is 15.1 Å². The van der Waals surface area contributed by atoms with E-state index in [-0.39, 0.29) is 34.6 Å². The molecule has 8 heteroatoms. The Morgan fingerprint density at radius 3 is 2.64 bits per heavy atom. The Kier molecular flexibility index (Phi) is 7.82. The van der Waals surface area contributed by atoms with Gasteiger partial charge < -0.3 is 10.6 Å². The lowest BCUT2D eigenvalue weighted by molar-refractivity contribution is -0.385. The van der Waals surface area contributed by atoms with Crippen LogP contribution in [-0.4, -0.2) is 17.9 Å². The SMILES string of the molecule is CN=C(NCc1ccsc1)NCc1ccccc1[N+](=O)[O-].I. The number of thiophene rings is 1. The Labute approximate surface area is 149 Å². The highest BCUT2D eigenvalue weighted by Crippen LogP contribution is 2.16. The van der Waals surface area contributed by atoms with Crippen molar-refractivity contribution in [1.29, 1.82) is 0 Å². The largest absolute Gasteiger partial charge is 0.352 e. The lowest BCUT2D eigenvalue weighted by Crippen LogP contribution is -2.36. The molecule has 1 aromatic carbocycles. The van der Waals surface area contributed by atoms with E-state index < -0.39 is 0 Å². The Morgan fingerprint density at radius 2 is 2.00 bits per heavy atom. The molecule has 0 bridgehead atoms.